The van der Waals surface area contributed by atoms with Crippen molar-refractivity contribution < 1.29 is 80.2 Å². The fourth-order valence-corrected chi connectivity index (χ4v) is 12.9. The Kier molecular flexibility index (Phi) is 64.6. The summed E-state index contributed by atoms with van der Waals surface area (Å²) >= 11 is 0. The first-order valence-electron chi connectivity index (χ1n) is 38.5. The van der Waals surface area contributed by atoms with E-state index in [2.05, 4.69) is 41.5 Å². The Labute approximate surface area is 568 Å². The Bertz CT molecular complexity index is 1800. The monoisotopic (exact) mass is 1370 g/mol. The summed E-state index contributed by atoms with van der Waals surface area (Å²) in [5.41, 5.74) is 0. The second kappa shape index (κ2) is 66.0. The number of carbonyl (C=O) groups is 4. The minimum atomic E-state index is -4.96. The number of ether oxygens (including phenoxy) is 4. The van der Waals surface area contributed by atoms with Crippen molar-refractivity contribution in [3.8, 4) is 0 Å². The van der Waals surface area contributed by atoms with Crippen molar-refractivity contribution in [1.29, 1.82) is 0 Å². The van der Waals surface area contributed by atoms with Crippen LogP contribution in [0.25, 0.3) is 0 Å². The fourth-order valence-electron chi connectivity index (χ4n) is 11.3. The maximum atomic E-state index is 13.1. The summed E-state index contributed by atoms with van der Waals surface area (Å²) in [5.74, 6) is -0.645. The van der Waals surface area contributed by atoms with Crippen LogP contribution in [0.3, 0.4) is 0 Å². The van der Waals surface area contributed by atoms with Crippen molar-refractivity contribution in [2.45, 2.75) is 400 Å². The quantitative estimate of drug-likeness (QED) is 0.0222. The van der Waals surface area contributed by atoms with Crippen LogP contribution in [0.4, 0.5) is 0 Å². The number of unbranched alkanes of at least 4 members (excludes halogenated alkanes) is 43. The van der Waals surface area contributed by atoms with Gasteiger partial charge in [-0.1, -0.05) is 330 Å². The van der Waals surface area contributed by atoms with Crippen molar-refractivity contribution in [3.05, 3.63) is 0 Å². The molecule has 0 bridgehead atoms. The van der Waals surface area contributed by atoms with E-state index < -0.39 is 97.5 Å². The van der Waals surface area contributed by atoms with Crippen LogP contribution < -0.4 is 0 Å². The highest BCUT2D eigenvalue weighted by Gasteiger charge is 2.30. The standard InChI is InChI=1S/C74H144O17P2/c1-7-9-11-13-15-17-19-20-21-22-23-27-30-34-37-44-50-56-71(76)84-62-69(90-74(79)59-53-47-39-35-31-28-25-24-26-29-32-36-42-48-54-66(3)4)64-88-92(80,81)86-60-68(75)61-87-93(82,83)89-65-70(63-85-72(77)57-51-45-41-40-43-49-55-67(5)6)91-73(78)58-52-46-38-33-18-16-14-12-10-8-2/h66-70,75H,7-65H2,1-6H3,(H,80,81)(H,82,83)/t68-,69-,70-/m1/s1. The molecule has 5 atom stereocenters. The van der Waals surface area contributed by atoms with Gasteiger partial charge in [0, 0.05) is 25.7 Å². The zero-order valence-electron chi connectivity index (χ0n) is 60.6. The minimum Gasteiger partial charge on any atom is -0.462 e. The number of esters is 4. The van der Waals surface area contributed by atoms with Crippen LogP contribution >= 0.6 is 15.6 Å². The lowest BCUT2D eigenvalue weighted by Crippen LogP contribution is -2.30. The van der Waals surface area contributed by atoms with Crippen LogP contribution in [0.2, 0.25) is 0 Å². The Morgan fingerprint density at radius 1 is 0.290 bits per heavy atom. The first-order valence-corrected chi connectivity index (χ1v) is 41.5. The summed E-state index contributed by atoms with van der Waals surface area (Å²) in [6, 6.07) is 0. The number of hydrogen-bond donors (Lipinski definition) is 3. The van der Waals surface area contributed by atoms with Gasteiger partial charge in [-0.15, -0.1) is 0 Å². The average molecular weight is 1370 g/mol. The summed E-state index contributed by atoms with van der Waals surface area (Å²) in [5, 5.41) is 10.6. The summed E-state index contributed by atoms with van der Waals surface area (Å²) < 4.78 is 68.4. The van der Waals surface area contributed by atoms with E-state index in [0.717, 1.165) is 102 Å². The second-order valence-electron chi connectivity index (χ2n) is 27.6. The zero-order chi connectivity index (χ0) is 68.6. The van der Waals surface area contributed by atoms with E-state index in [1.165, 1.54) is 193 Å². The van der Waals surface area contributed by atoms with E-state index in [-0.39, 0.29) is 25.7 Å². The summed E-state index contributed by atoms with van der Waals surface area (Å²) in [4.78, 5) is 72.6. The van der Waals surface area contributed by atoms with Crippen molar-refractivity contribution in [1.82, 2.24) is 0 Å². The minimum absolute atomic E-state index is 0.105. The Hall–Kier alpha value is -1.94. The van der Waals surface area contributed by atoms with Gasteiger partial charge >= 0.3 is 39.5 Å². The summed E-state index contributed by atoms with van der Waals surface area (Å²) in [7, 11) is -9.90. The fraction of sp³-hybridized carbons (Fsp3) is 0.946. The van der Waals surface area contributed by atoms with E-state index in [0.29, 0.717) is 31.6 Å². The van der Waals surface area contributed by atoms with Crippen LogP contribution in [-0.2, 0) is 65.4 Å². The van der Waals surface area contributed by atoms with Gasteiger partial charge in [-0.2, -0.15) is 0 Å². The van der Waals surface area contributed by atoms with Crippen LogP contribution in [0.5, 0.6) is 0 Å². The van der Waals surface area contributed by atoms with Gasteiger partial charge in [-0.05, 0) is 37.5 Å². The molecule has 552 valence electrons. The second-order valence-corrected chi connectivity index (χ2v) is 30.5. The summed E-state index contributed by atoms with van der Waals surface area (Å²) in [6.07, 6.45) is 52.9. The van der Waals surface area contributed by atoms with E-state index >= 15 is 0 Å². The maximum absolute atomic E-state index is 13.1. The van der Waals surface area contributed by atoms with Crippen molar-refractivity contribution in [2.75, 3.05) is 39.6 Å². The molecule has 19 heteroatoms. The molecule has 0 aliphatic carbocycles. The molecular weight excluding hydrogens is 1220 g/mol. The molecule has 0 aromatic heterocycles. The lowest BCUT2D eigenvalue weighted by molar-refractivity contribution is -0.161. The molecule has 2 unspecified atom stereocenters. The third-order valence-corrected chi connectivity index (χ3v) is 19.1. The molecule has 93 heavy (non-hydrogen) atoms. The predicted molar refractivity (Wildman–Crippen MR) is 377 cm³/mol. The number of aliphatic hydroxyl groups is 1. The number of aliphatic hydroxyl groups excluding tert-OH is 1. The first-order chi connectivity index (χ1) is 44.9. The molecule has 0 aromatic carbocycles. The molecule has 17 nitrogen and oxygen atoms in total. The number of carbonyl (C=O) groups excluding carboxylic acids is 4. The third-order valence-electron chi connectivity index (χ3n) is 17.2. The van der Waals surface area contributed by atoms with Crippen molar-refractivity contribution >= 4 is 39.5 Å². The molecule has 0 aromatic rings. The van der Waals surface area contributed by atoms with Crippen LogP contribution in [0, 0.1) is 11.8 Å². The number of phosphoric ester groups is 2. The van der Waals surface area contributed by atoms with Gasteiger partial charge in [0.15, 0.2) is 12.2 Å². The highest BCUT2D eigenvalue weighted by molar-refractivity contribution is 7.47. The Balaban J connectivity index is 5.21. The zero-order valence-corrected chi connectivity index (χ0v) is 62.3. The lowest BCUT2D eigenvalue weighted by atomic mass is 10.0. The van der Waals surface area contributed by atoms with E-state index in [9.17, 15) is 43.2 Å². The number of phosphoric acid groups is 2. The molecule has 0 amide bonds. The molecule has 0 saturated carbocycles. The van der Waals surface area contributed by atoms with Crippen molar-refractivity contribution in [3.63, 3.8) is 0 Å². The van der Waals surface area contributed by atoms with Crippen LogP contribution in [0.1, 0.15) is 382 Å². The molecule has 0 heterocycles. The van der Waals surface area contributed by atoms with Gasteiger partial charge in [0.25, 0.3) is 0 Å². The number of hydrogen-bond acceptors (Lipinski definition) is 15. The highest BCUT2D eigenvalue weighted by atomic mass is 31.2. The van der Waals surface area contributed by atoms with Gasteiger partial charge in [0.1, 0.15) is 19.3 Å². The van der Waals surface area contributed by atoms with Gasteiger partial charge in [-0.3, -0.25) is 37.3 Å². The van der Waals surface area contributed by atoms with Gasteiger partial charge in [0.05, 0.1) is 26.4 Å². The predicted octanol–water partition coefficient (Wildman–Crippen LogP) is 21.6. The topological polar surface area (TPSA) is 237 Å². The molecule has 3 N–H and O–H groups in total. The van der Waals surface area contributed by atoms with Gasteiger partial charge < -0.3 is 33.8 Å². The first kappa shape index (κ1) is 91.1. The van der Waals surface area contributed by atoms with E-state index in [4.69, 9.17) is 37.0 Å². The average Bonchev–Trinajstić information content (AvgIpc) is 1.63. The molecule has 0 aliphatic rings. The molecule has 0 saturated heterocycles. The van der Waals surface area contributed by atoms with Crippen LogP contribution in [0.15, 0.2) is 0 Å². The van der Waals surface area contributed by atoms with E-state index in [1.807, 2.05) is 0 Å². The maximum Gasteiger partial charge on any atom is 0.472 e. The molecule has 0 rings (SSSR count). The Morgan fingerprint density at radius 3 is 0.731 bits per heavy atom. The largest absolute Gasteiger partial charge is 0.472 e. The molecule has 0 radical (unpaired) electrons. The molecule has 0 spiro atoms. The smallest absolute Gasteiger partial charge is 0.462 e. The normalized spacial score (nSPS) is 14.1. The highest BCUT2D eigenvalue weighted by Crippen LogP contribution is 2.45. The third kappa shape index (κ3) is 68.4. The SMILES string of the molecule is CCCCCCCCCCCCCCCCCCCC(=O)OC[C@H](COP(=O)(O)OC[C@@H](O)COP(=O)(O)OC[C@@H](COC(=O)CCCCCCCCC(C)C)OC(=O)CCCCCCCCCCCC)OC(=O)CCCCCCCCCCCCCCCCC(C)C. The van der Waals surface area contributed by atoms with Crippen LogP contribution in [-0.4, -0.2) is 96.7 Å². The van der Waals surface area contributed by atoms with E-state index in [1.54, 1.807) is 0 Å². The summed E-state index contributed by atoms with van der Waals surface area (Å²) in [6.45, 7) is 9.51. The van der Waals surface area contributed by atoms with Gasteiger partial charge in [0.2, 0.25) is 0 Å². The molecular formula is C74H144O17P2. The lowest BCUT2D eigenvalue weighted by Gasteiger charge is -2.21. The Morgan fingerprint density at radius 2 is 0.495 bits per heavy atom. The van der Waals surface area contributed by atoms with Gasteiger partial charge in [-0.25, -0.2) is 9.13 Å². The molecule has 0 aliphatic heterocycles. The number of rotatable bonds is 73. The molecule has 0 fully saturated rings. The van der Waals surface area contributed by atoms with Crippen molar-refractivity contribution in [2.24, 2.45) is 11.8 Å².